The summed E-state index contributed by atoms with van der Waals surface area (Å²) in [7, 11) is 0. The Morgan fingerprint density at radius 1 is 1.29 bits per heavy atom. The van der Waals surface area contributed by atoms with E-state index >= 15 is 0 Å². The van der Waals surface area contributed by atoms with Crippen molar-refractivity contribution < 1.29 is 14.9 Å². The molecule has 0 radical (unpaired) electrons. The lowest BCUT2D eigenvalue weighted by Gasteiger charge is -2.10. The van der Waals surface area contributed by atoms with E-state index in [9.17, 15) is 0 Å². The Bertz CT molecular complexity index is 329. The number of rotatable bonds is 7. The second-order valence-electron chi connectivity index (χ2n) is 3.31. The summed E-state index contributed by atoms with van der Waals surface area (Å²) in [5.41, 5.74) is 0. The van der Waals surface area contributed by atoms with Gasteiger partial charge in [0.2, 0.25) is 0 Å². The van der Waals surface area contributed by atoms with Crippen molar-refractivity contribution in [3.8, 4) is 5.75 Å². The Morgan fingerprint density at radius 3 is 2.53 bits per heavy atom. The fourth-order valence-electron chi connectivity index (χ4n) is 1.10. The third-order valence-corrected chi connectivity index (χ3v) is 3.59. The van der Waals surface area contributed by atoms with Gasteiger partial charge < -0.3 is 14.9 Å². The van der Waals surface area contributed by atoms with E-state index in [0.29, 0.717) is 33.9 Å². The molecule has 0 fully saturated rings. The number of thioether (sulfide) groups is 1. The van der Waals surface area contributed by atoms with E-state index in [4.69, 9.17) is 38.2 Å². The van der Waals surface area contributed by atoms with Gasteiger partial charge in [0.1, 0.15) is 0 Å². The third kappa shape index (κ3) is 5.36. The predicted octanol–water partition coefficient (Wildman–Crippen LogP) is 2.46. The molecule has 1 atom stereocenters. The molecular weight excluding hydrogens is 283 g/mol. The fourth-order valence-corrected chi connectivity index (χ4v) is 2.35. The van der Waals surface area contributed by atoms with Crippen LogP contribution in [0.25, 0.3) is 0 Å². The monoisotopic (exact) mass is 296 g/mol. The number of aliphatic hydroxyl groups excluding tert-OH is 2. The molecule has 6 heteroatoms. The lowest BCUT2D eigenvalue weighted by molar-refractivity contribution is 0.113. The van der Waals surface area contributed by atoms with Gasteiger partial charge in [0.15, 0.2) is 5.75 Å². The highest BCUT2D eigenvalue weighted by atomic mass is 35.5. The first-order chi connectivity index (χ1) is 8.15. The van der Waals surface area contributed by atoms with E-state index in [1.54, 1.807) is 18.2 Å². The van der Waals surface area contributed by atoms with Crippen LogP contribution >= 0.6 is 35.0 Å². The molecule has 0 bridgehead atoms. The van der Waals surface area contributed by atoms with E-state index in [2.05, 4.69) is 0 Å². The molecule has 17 heavy (non-hydrogen) atoms. The first-order valence-corrected chi connectivity index (χ1v) is 6.99. The molecule has 0 amide bonds. The summed E-state index contributed by atoms with van der Waals surface area (Å²) in [5, 5.41) is 18.7. The molecule has 1 aromatic carbocycles. The number of ether oxygens (including phenoxy) is 1. The number of hydrogen-bond acceptors (Lipinski definition) is 4. The van der Waals surface area contributed by atoms with Crippen LogP contribution < -0.4 is 4.74 Å². The zero-order chi connectivity index (χ0) is 12.7. The summed E-state index contributed by atoms with van der Waals surface area (Å²) in [6, 6.07) is 5.18. The van der Waals surface area contributed by atoms with Crippen LogP contribution in [0, 0.1) is 0 Å². The van der Waals surface area contributed by atoms with Gasteiger partial charge in [-0.25, -0.2) is 0 Å². The van der Waals surface area contributed by atoms with Gasteiger partial charge in [-0.15, -0.1) is 0 Å². The summed E-state index contributed by atoms with van der Waals surface area (Å²) < 4.78 is 5.45. The standard InChI is InChI=1S/C11H14Cl2O3S/c12-9-2-1-3-10(13)11(9)16-4-5-17-7-8(15)6-14/h1-3,8,14-15H,4-7H2. The van der Waals surface area contributed by atoms with E-state index < -0.39 is 6.10 Å². The molecule has 1 rings (SSSR count). The van der Waals surface area contributed by atoms with Crippen LogP contribution in [0.2, 0.25) is 10.0 Å². The summed E-state index contributed by atoms with van der Waals surface area (Å²) in [6.07, 6.45) is -0.677. The Morgan fingerprint density at radius 2 is 1.94 bits per heavy atom. The molecule has 0 spiro atoms. The van der Waals surface area contributed by atoms with Gasteiger partial charge in [0.25, 0.3) is 0 Å². The lowest BCUT2D eigenvalue weighted by atomic mass is 10.3. The molecule has 0 aliphatic heterocycles. The summed E-state index contributed by atoms with van der Waals surface area (Å²) >= 11 is 13.3. The molecule has 0 saturated heterocycles. The van der Waals surface area contributed by atoms with Crippen LogP contribution in [-0.4, -0.2) is 41.0 Å². The Hall–Kier alpha value is -0.130. The molecule has 1 unspecified atom stereocenters. The summed E-state index contributed by atoms with van der Waals surface area (Å²) in [6.45, 7) is 0.233. The first-order valence-electron chi connectivity index (χ1n) is 5.08. The van der Waals surface area contributed by atoms with Crippen LogP contribution in [0.3, 0.4) is 0 Å². The quantitative estimate of drug-likeness (QED) is 0.759. The van der Waals surface area contributed by atoms with Crippen molar-refractivity contribution in [2.75, 3.05) is 24.7 Å². The van der Waals surface area contributed by atoms with Gasteiger partial charge in [-0.1, -0.05) is 29.3 Å². The van der Waals surface area contributed by atoms with Crippen molar-refractivity contribution in [3.63, 3.8) is 0 Å². The maximum absolute atomic E-state index is 9.11. The van der Waals surface area contributed by atoms with Crippen LogP contribution in [0.4, 0.5) is 0 Å². The molecule has 0 aromatic heterocycles. The smallest absolute Gasteiger partial charge is 0.156 e. The average molecular weight is 297 g/mol. The van der Waals surface area contributed by atoms with E-state index in [-0.39, 0.29) is 6.61 Å². The zero-order valence-corrected chi connectivity index (χ0v) is 11.4. The Balaban J connectivity index is 2.27. The van der Waals surface area contributed by atoms with E-state index in [1.807, 2.05) is 0 Å². The van der Waals surface area contributed by atoms with Crippen LogP contribution in [0.5, 0.6) is 5.75 Å². The molecule has 0 saturated carbocycles. The van der Waals surface area contributed by atoms with E-state index in [1.165, 1.54) is 11.8 Å². The SMILES string of the molecule is OCC(O)CSCCOc1c(Cl)cccc1Cl. The van der Waals surface area contributed by atoms with Crippen LogP contribution in [0.1, 0.15) is 0 Å². The second-order valence-corrected chi connectivity index (χ2v) is 5.27. The normalized spacial score (nSPS) is 12.5. The topological polar surface area (TPSA) is 49.7 Å². The molecule has 0 aliphatic carbocycles. The predicted molar refractivity (Wildman–Crippen MR) is 72.4 cm³/mol. The summed E-state index contributed by atoms with van der Waals surface area (Å²) in [4.78, 5) is 0. The highest BCUT2D eigenvalue weighted by Crippen LogP contribution is 2.32. The maximum atomic E-state index is 9.11. The number of benzene rings is 1. The minimum atomic E-state index is -0.677. The van der Waals surface area contributed by atoms with Crippen LogP contribution in [0.15, 0.2) is 18.2 Å². The first kappa shape index (κ1) is 14.9. The highest BCUT2D eigenvalue weighted by Gasteiger charge is 2.06. The van der Waals surface area contributed by atoms with E-state index in [0.717, 1.165) is 0 Å². The van der Waals surface area contributed by atoms with Gasteiger partial charge in [-0.05, 0) is 12.1 Å². The van der Waals surface area contributed by atoms with Crippen molar-refractivity contribution in [2.45, 2.75) is 6.10 Å². The van der Waals surface area contributed by atoms with Crippen molar-refractivity contribution in [1.82, 2.24) is 0 Å². The lowest BCUT2D eigenvalue weighted by Crippen LogP contribution is -2.15. The zero-order valence-electron chi connectivity index (χ0n) is 9.10. The molecular formula is C11H14Cl2O3S. The molecule has 96 valence electrons. The van der Waals surface area contributed by atoms with Gasteiger partial charge in [0, 0.05) is 11.5 Å². The number of aliphatic hydroxyl groups is 2. The minimum Gasteiger partial charge on any atom is -0.490 e. The van der Waals surface area contributed by atoms with Gasteiger partial charge in [-0.2, -0.15) is 11.8 Å². The minimum absolute atomic E-state index is 0.218. The summed E-state index contributed by atoms with van der Waals surface area (Å²) in [5.74, 6) is 1.66. The van der Waals surface area contributed by atoms with Crippen molar-refractivity contribution in [3.05, 3.63) is 28.2 Å². The van der Waals surface area contributed by atoms with Gasteiger partial charge >= 0.3 is 0 Å². The van der Waals surface area contributed by atoms with Gasteiger partial charge in [0.05, 0.1) is 29.4 Å². The van der Waals surface area contributed by atoms with Crippen LogP contribution in [-0.2, 0) is 0 Å². The van der Waals surface area contributed by atoms with Crippen molar-refractivity contribution in [1.29, 1.82) is 0 Å². The van der Waals surface area contributed by atoms with Crippen molar-refractivity contribution in [2.24, 2.45) is 0 Å². The largest absolute Gasteiger partial charge is 0.490 e. The second kappa shape index (κ2) is 8.06. The molecule has 0 heterocycles. The fraction of sp³-hybridized carbons (Fsp3) is 0.455. The Labute approximate surface area is 115 Å². The number of hydrogen-bond donors (Lipinski definition) is 2. The maximum Gasteiger partial charge on any atom is 0.156 e. The Kier molecular flexibility index (Phi) is 7.08. The molecule has 1 aromatic rings. The number of para-hydroxylation sites is 1. The van der Waals surface area contributed by atoms with Gasteiger partial charge in [-0.3, -0.25) is 0 Å². The van der Waals surface area contributed by atoms with Crippen molar-refractivity contribution >= 4 is 35.0 Å². The molecule has 0 aliphatic rings. The molecule has 3 nitrogen and oxygen atoms in total. The average Bonchev–Trinajstić information content (AvgIpc) is 2.31. The highest BCUT2D eigenvalue weighted by molar-refractivity contribution is 7.99. The molecule has 2 N–H and O–H groups in total. The number of halogens is 2. The third-order valence-electron chi connectivity index (χ3n) is 1.91.